The van der Waals surface area contributed by atoms with Crippen LogP contribution in [0.1, 0.15) is 84.2 Å². The van der Waals surface area contributed by atoms with E-state index < -0.39 is 37.4 Å². The van der Waals surface area contributed by atoms with Crippen LogP contribution in [0.3, 0.4) is 0 Å². The van der Waals surface area contributed by atoms with Gasteiger partial charge in [-0.1, -0.05) is 0 Å². The summed E-state index contributed by atoms with van der Waals surface area (Å²) in [5.41, 5.74) is 8.30. The molecule has 3 aromatic heterocycles. The quantitative estimate of drug-likeness (QED) is 0.103. The van der Waals surface area contributed by atoms with Gasteiger partial charge < -0.3 is 40.6 Å². The summed E-state index contributed by atoms with van der Waals surface area (Å²) >= 11 is 14.9. The molecular formula is C34H34Br4N4O8. The topological polar surface area (TPSA) is 213 Å². The Labute approximate surface area is 319 Å². The highest BCUT2D eigenvalue weighted by molar-refractivity contribution is 9.11. The lowest BCUT2D eigenvalue weighted by Crippen LogP contribution is -2.14. The molecule has 0 aliphatic carbocycles. The van der Waals surface area contributed by atoms with E-state index in [0.717, 1.165) is 5.56 Å². The van der Waals surface area contributed by atoms with Gasteiger partial charge in [-0.2, -0.15) is 0 Å². The first-order chi connectivity index (χ1) is 23.5. The minimum Gasteiger partial charge on any atom is -0.481 e. The van der Waals surface area contributed by atoms with Crippen LogP contribution in [0.2, 0.25) is 0 Å². The summed E-state index contributed by atoms with van der Waals surface area (Å²) in [5, 5.41) is 61.6. The number of H-pyrrole nitrogens is 2. The van der Waals surface area contributed by atoms with E-state index in [9.17, 15) is 40.2 Å². The average molecular weight is 946 g/mol. The van der Waals surface area contributed by atoms with E-state index in [1.165, 1.54) is 0 Å². The first-order valence-corrected chi connectivity index (χ1v) is 18.6. The van der Waals surface area contributed by atoms with Gasteiger partial charge in [-0.15, -0.1) is 0 Å². The van der Waals surface area contributed by atoms with Gasteiger partial charge in [0.25, 0.3) is 0 Å². The first kappa shape index (κ1) is 38.5. The standard InChI is InChI=1S/C34H34Br4N4O8/c1-11-15(5-7-19(47)48)31-26(38)32-16(6-8-20(49)50)12(2)28(40-32)24(36)33-22(18(46)10-44)14(4)30(42-33)25(37)34-21(17(45)9-43)13(3)29(41-34)23(35)27(11)39-31/h17-18,39,42-46H,5-10H2,1-4H3,(H,47,48)(H,49,50). The van der Waals surface area contributed by atoms with Crippen LogP contribution in [-0.2, 0) is 16.0 Å². The molecule has 0 saturated carbocycles. The monoisotopic (exact) mass is 942 g/mol. The lowest BCUT2D eigenvalue weighted by atomic mass is 9.99. The van der Waals surface area contributed by atoms with Gasteiger partial charge in [0.15, 0.2) is 0 Å². The van der Waals surface area contributed by atoms with Crippen molar-refractivity contribution >= 4 is 120 Å². The molecule has 3 aromatic rings. The number of hydrogen-bond acceptors (Lipinski definition) is 8. The molecule has 5 rings (SSSR count). The molecule has 0 saturated heterocycles. The van der Waals surface area contributed by atoms with Gasteiger partial charge in [0.2, 0.25) is 0 Å². The molecule has 16 heteroatoms. The van der Waals surface area contributed by atoms with E-state index in [1.54, 1.807) is 13.8 Å². The number of nitrogens with zero attached hydrogens (tertiary/aromatic N) is 2. The number of aryl methyl sites for hydroxylation is 3. The lowest BCUT2D eigenvalue weighted by Gasteiger charge is -2.12. The number of carboxylic acid groups (broad SMARTS) is 2. The van der Waals surface area contributed by atoms with Crippen LogP contribution in [0.4, 0.5) is 0 Å². The molecule has 50 heavy (non-hydrogen) atoms. The summed E-state index contributed by atoms with van der Waals surface area (Å²) in [6.07, 6.45) is -2.65. The summed E-state index contributed by atoms with van der Waals surface area (Å²) in [7, 11) is 0. The van der Waals surface area contributed by atoms with Crippen LogP contribution in [0.25, 0.3) is 44.4 Å². The first-order valence-electron chi connectivity index (χ1n) is 15.5. The highest BCUT2D eigenvalue weighted by Gasteiger charge is 2.31. The summed E-state index contributed by atoms with van der Waals surface area (Å²) in [5.74, 6) is -1.97. The number of allylic oxidation sites excluding steroid dienone is 3. The number of carbonyl (C=O) groups is 2. The van der Waals surface area contributed by atoms with Crippen LogP contribution in [0.5, 0.6) is 0 Å². The molecule has 2 aliphatic rings. The normalized spacial score (nSPS) is 14.5. The van der Waals surface area contributed by atoms with E-state index >= 15 is 0 Å². The van der Waals surface area contributed by atoms with Gasteiger partial charge in [0, 0.05) is 24.0 Å². The number of aliphatic hydroxyl groups excluding tert-OH is 4. The number of aromatic amines is 2. The number of nitrogens with one attached hydrogen (secondary N) is 2. The molecule has 8 N–H and O–H groups in total. The largest absolute Gasteiger partial charge is 0.481 e. The van der Waals surface area contributed by atoms with Gasteiger partial charge in [0.1, 0.15) is 12.2 Å². The van der Waals surface area contributed by atoms with E-state index in [4.69, 9.17) is 9.97 Å². The number of aromatic nitrogens is 4. The molecular weight excluding hydrogens is 912 g/mol. The third kappa shape index (κ3) is 6.69. The Morgan fingerprint density at radius 3 is 1.72 bits per heavy atom. The lowest BCUT2D eigenvalue weighted by molar-refractivity contribution is -0.137. The minimum absolute atomic E-state index is 0.140. The van der Waals surface area contributed by atoms with Gasteiger partial charge >= 0.3 is 11.9 Å². The molecule has 0 fully saturated rings. The summed E-state index contributed by atoms with van der Waals surface area (Å²) in [4.78, 5) is 40.3. The molecule has 0 radical (unpaired) electrons. The number of aliphatic carboxylic acids is 2. The van der Waals surface area contributed by atoms with Crippen LogP contribution in [0, 0.1) is 13.8 Å². The molecule has 0 spiro atoms. The Balaban J connectivity index is 2.12. The predicted octanol–water partition coefficient (Wildman–Crippen LogP) is 7.10. The molecule has 0 amide bonds. The summed E-state index contributed by atoms with van der Waals surface area (Å²) < 4.78 is 1.83. The Bertz CT molecular complexity index is 2190. The number of hydrogen-bond donors (Lipinski definition) is 8. The summed E-state index contributed by atoms with van der Waals surface area (Å²) in [6.45, 7) is 6.04. The minimum atomic E-state index is -1.31. The van der Waals surface area contributed by atoms with Crippen molar-refractivity contribution in [3.05, 3.63) is 62.9 Å². The average Bonchev–Trinajstić information content (AvgIpc) is 3.80. The van der Waals surface area contributed by atoms with Crippen molar-refractivity contribution in [3.63, 3.8) is 0 Å². The molecule has 2 aliphatic heterocycles. The third-order valence-electron chi connectivity index (χ3n) is 9.13. The number of halogens is 4. The molecule has 0 aromatic carbocycles. The Hall–Kier alpha value is -2.70. The smallest absolute Gasteiger partial charge is 0.303 e. The van der Waals surface area contributed by atoms with Crippen molar-refractivity contribution in [2.24, 2.45) is 0 Å². The van der Waals surface area contributed by atoms with Crippen LogP contribution in [-0.4, -0.2) is 81.8 Å². The van der Waals surface area contributed by atoms with E-state index in [-0.39, 0.29) is 25.7 Å². The van der Waals surface area contributed by atoms with E-state index in [2.05, 4.69) is 73.7 Å². The Morgan fingerprint density at radius 2 is 1.12 bits per heavy atom. The predicted molar refractivity (Wildman–Crippen MR) is 204 cm³/mol. The number of aliphatic hydroxyl groups is 4. The molecule has 5 heterocycles. The zero-order valence-electron chi connectivity index (χ0n) is 27.3. The SMILES string of the molecule is CC1=C(C(O)CO)c2nc1c(Br)c1[nH]c(c(Br)c3nc(c(Br)c4[nH]c(c(C)c4C(O)CO)c2Br)C(C)=C3CCC(=O)O)c(CCC(=O)O)c1C. The van der Waals surface area contributed by atoms with Crippen molar-refractivity contribution in [2.75, 3.05) is 13.2 Å². The molecule has 8 bridgehead atoms. The van der Waals surface area contributed by atoms with Gasteiger partial charge in [-0.3, -0.25) is 9.59 Å². The second-order valence-corrected chi connectivity index (χ2v) is 15.3. The van der Waals surface area contributed by atoms with Crippen molar-refractivity contribution in [2.45, 2.75) is 65.6 Å². The van der Waals surface area contributed by atoms with Gasteiger partial charge in [-0.25, -0.2) is 9.97 Å². The van der Waals surface area contributed by atoms with Crippen LogP contribution >= 0.6 is 63.7 Å². The Kier molecular flexibility index (Phi) is 11.6. The van der Waals surface area contributed by atoms with Gasteiger partial charge in [0.05, 0.1) is 75.9 Å². The summed E-state index contributed by atoms with van der Waals surface area (Å²) in [6, 6.07) is 0. The molecule has 2 atom stereocenters. The number of fused-ring (bicyclic) bond motifs is 8. The highest BCUT2D eigenvalue weighted by Crippen LogP contribution is 2.46. The maximum Gasteiger partial charge on any atom is 0.303 e. The molecule has 266 valence electrons. The zero-order valence-corrected chi connectivity index (χ0v) is 33.6. The Morgan fingerprint density at radius 1 is 0.640 bits per heavy atom. The molecule has 12 nitrogen and oxygen atoms in total. The van der Waals surface area contributed by atoms with Crippen LogP contribution in [0.15, 0.2) is 17.9 Å². The van der Waals surface area contributed by atoms with Gasteiger partial charge in [-0.05, 0) is 138 Å². The number of carboxylic acids is 2. The number of rotatable bonds is 10. The zero-order chi connectivity index (χ0) is 36.9. The van der Waals surface area contributed by atoms with Crippen molar-refractivity contribution in [1.29, 1.82) is 0 Å². The van der Waals surface area contributed by atoms with Crippen molar-refractivity contribution in [3.8, 4) is 0 Å². The van der Waals surface area contributed by atoms with E-state index in [1.807, 2.05) is 13.8 Å². The second-order valence-electron chi connectivity index (χ2n) is 12.1. The fourth-order valence-electron chi connectivity index (χ4n) is 6.52. The third-order valence-corrected chi connectivity index (χ3v) is 12.2. The van der Waals surface area contributed by atoms with Crippen molar-refractivity contribution < 1.29 is 40.2 Å². The highest BCUT2D eigenvalue weighted by atomic mass is 79.9. The fraction of sp³-hybridized carbons (Fsp3) is 0.353. The maximum atomic E-state index is 11.8. The van der Waals surface area contributed by atoms with E-state index in [0.29, 0.717) is 102 Å². The maximum absolute atomic E-state index is 11.8. The second kappa shape index (κ2) is 15.1. The molecule has 2 unspecified atom stereocenters. The fourth-order valence-corrected chi connectivity index (χ4v) is 9.37. The van der Waals surface area contributed by atoms with Crippen LogP contribution < -0.4 is 0 Å². The van der Waals surface area contributed by atoms with Crippen molar-refractivity contribution in [1.82, 2.24) is 19.9 Å².